The first-order valence-corrected chi connectivity index (χ1v) is 5.96. The van der Waals surface area contributed by atoms with Crippen molar-refractivity contribution in [3.8, 4) is 5.69 Å². The lowest BCUT2D eigenvalue weighted by Crippen LogP contribution is -2.02. The molecular formula is C10H10BrN5O2. The summed E-state index contributed by atoms with van der Waals surface area (Å²) < 4.78 is 2.14. The first kappa shape index (κ1) is 12.7. The van der Waals surface area contributed by atoms with E-state index in [4.69, 9.17) is 5.73 Å². The summed E-state index contributed by atoms with van der Waals surface area (Å²) in [7, 11) is 0. The summed E-state index contributed by atoms with van der Waals surface area (Å²) in [4.78, 5) is 10.2. The van der Waals surface area contributed by atoms with Crippen molar-refractivity contribution in [2.75, 3.05) is 6.54 Å². The smallest absolute Gasteiger partial charge is 0.270 e. The minimum Gasteiger partial charge on any atom is -0.330 e. The van der Waals surface area contributed by atoms with Gasteiger partial charge in [-0.15, -0.1) is 5.10 Å². The van der Waals surface area contributed by atoms with Gasteiger partial charge in [-0.3, -0.25) is 10.1 Å². The molecule has 0 aliphatic carbocycles. The first-order chi connectivity index (χ1) is 8.61. The summed E-state index contributed by atoms with van der Waals surface area (Å²) in [5.74, 6) is 0. The first-order valence-electron chi connectivity index (χ1n) is 5.17. The largest absolute Gasteiger partial charge is 0.330 e. The number of hydrogen-bond acceptors (Lipinski definition) is 5. The van der Waals surface area contributed by atoms with E-state index in [0.29, 0.717) is 23.1 Å². The highest BCUT2D eigenvalue weighted by molar-refractivity contribution is 9.10. The zero-order valence-corrected chi connectivity index (χ0v) is 10.9. The molecule has 2 rings (SSSR count). The van der Waals surface area contributed by atoms with E-state index in [1.54, 1.807) is 16.9 Å². The number of nitro benzene ring substituents is 1. The molecule has 0 radical (unpaired) electrons. The fourth-order valence-corrected chi connectivity index (χ4v) is 2.02. The molecule has 0 spiro atoms. The van der Waals surface area contributed by atoms with Crippen LogP contribution < -0.4 is 5.73 Å². The van der Waals surface area contributed by atoms with E-state index in [1.807, 2.05) is 0 Å². The van der Waals surface area contributed by atoms with E-state index in [2.05, 4.69) is 26.2 Å². The van der Waals surface area contributed by atoms with Crippen LogP contribution in [0.2, 0.25) is 0 Å². The van der Waals surface area contributed by atoms with Gasteiger partial charge in [-0.1, -0.05) is 5.21 Å². The minimum absolute atomic E-state index is 0.0212. The number of rotatable bonds is 4. The summed E-state index contributed by atoms with van der Waals surface area (Å²) in [6.07, 6.45) is 2.39. The van der Waals surface area contributed by atoms with Gasteiger partial charge in [0.25, 0.3) is 5.69 Å². The molecule has 2 N–H and O–H groups in total. The van der Waals surface area contributed by atoms with Crippen LogP contribution in [0.4, 0.5) is 5.69 Å². The maximum Gasteiger partial charge on any atom is 0.270 e. The molecule has 0 amide bonds. The standard InChI is InChI=1S/C10H10BrN5O2/c11-9-5-8(16(17)18)1-2-10(9)15-6-7(3-4-12)13-14-15/h1-2,5-6H,3-4,12H2. The Hall–Kier alpha value is -1.80. The number of nitrogens with two attached hydrogens (primary N) is 1. The lowest BCUT2D eigenvalue weighted by atomic mass is 10.3. The normalized spacial score (nSPS) is 10.6. The average Bonchev–Trinajstić information content (AvgIpc) is 2.77. The molecule has 94 valence electrons. The highest BCUT2D eigenvalue weighted by Gasteiger charge is 2.11. The van der Waals surface area contributed by atoms with Crippen LogP contribution in [0.5, 0.6) is 0 Å². The molecule has 0 saturated heterocycles. The molecule has 7 nitrogen and oxygen atoms in total. The molecule has 0 fully saturated rings. The summed E-state index contributed by atoms with van der Waals surface area (Å²) >= 11 is 3.28. The fourth-order valence-electron chi connectivity index (χ4n) is 1.47. The van der Waals surface area contributed by atoms with Crippen LogP contribution >= 0.6 is 15.9 Å². The van der Waals surface area contributed by atoms with E-state index in [9.17, 15) is 10.1 Å². The Kier molecular flexibility index (Phi) is 3.68. The molecular weight excluding hydrogens is 302 g/mol. The number of benzene rings is 1. The van der Waals surface area contributed by atoms with Gasteiger partial charge in [-0.05, 0) is 28.5 Å². The molecule has 18 heavy (non-hydrogen) atoms. The fraction of sp³-hybridized carbons (Fsp3) is 0.200. The Bertz CT molecular complexity index is 583. The number of aromatic nitrogens is 3. The second kappa shape index (κ2) is 5.23. The maximum absolute atomic E-state index is 10.6. The second-order valence-electron chi connectivity index (χ2n) is 3.59. The van der Waals surface area contributed by atoms with Crippen LogP contribution in [0.1, 0.15) is 5.69 Å². The molecule has 0 bridgehead atoms. The summed E-state index contributed by atoms with van der Waals surface area (Å²) in [6, 6.07) is 4.47. The molecule has 0 aliphatic rings. The number of hydrogen-bond donors (Lipinski definition) is 1. The zero-order chi connectivity index (χ0) is 13.1. The van der Waals surface area contributed by atoms with Crippen LogP contribution in [0.3, 0.4) is 0 Å². The van der Waals surface area contributed by atoms with E-state index < -0.39 is 4.92 Å². The molecule has 2 aromatic rings. The van der Waals surface area contributed by atoms with Gasteiger partial charge in [0.2, 0.25) is 0 Å². The third-order valence-corrected chi connectivity index (χ3v) is 2.97. The molecule has 1 aromatic heterocycles. The predicted molar refractivity (Wildman–Crippen MR) is 68.5 cm³/mol. The molecule has 8 heteroatoms. The highest BCUT2D eigenvalue weighted by Crippen LogP contribution is 2.25. The van der Waals surface area contributed by atoms with Gasteiger partial charge < -0.3 is 5.73 Å². The van der Waals surface area contributed by atoms with Crippen LogP contribution in [-0.2, 0) is 6.42 Å². The molecule has 0 atom stereocenters. The lowest BCUT2D eigenvalue weighted by molar-refractivity contribution is -0.384. The third kappa shape index (κ3) is 2.54. The minimum atomic E-state index is -0.449. The van der Waals surface area contributed by atoms with Gasteiger partial charge in [0.15, 0.2) is 0 Å². The van der Waals surface area contributed by atoms with E-state index in [-0.39, 0.29) is 5.69 Å². The van der Waals surface area contributed by atoms with Gasteiger partial charge in [0.1, 0.15) is 0 Å². The van der Waals surface area contributed by atoms with Crippen molar-refractivity contribution in [2.24, 2.45) is 5.73 Å². The van der Waals surface area contributed by atoms with Crippen molar-refractivity contribution in [3.63, 3.8) is 0 Å². The van der Waals surface area contributed by atoms with Crippen molar-refractivity contribution >= 4 is 21.6 Å². The number of nitro groups is 1. The second-order valence-corrected chi connectivity index (χ2v) is 4.44. The van der Waals surface area contributed by atoms with Crippen LogP contribution in [0.15, 0.2) is 28.9 Å². The highest BCUT2D eigenvalue weighted by atomic mass is 79.9. The molecule has 1 heterocycles. The van der Waals surface area contributed by atoms with Gasteiger partial charge in [0, 0.05) is 18.6 Å². The average molecular weight is 312 g/mol. The zero-order valence-electron chi connectivity index (χ0n) is 9.28. The SMILES string of the molecule is NCCc1cn(-c2ccc([N+](=O)[O-])cc2Br)nn1. The van der Waals surface area contributed by atoms with E-state index in [1.165, 1.54) is 12.1 Å². The van der Waals surface area contributed by atoms with Gasteiger partial charge in [-0.2, -0.15) is 0 Å². The summed E-state index contributed by atoms with van der Waals surface area (Å²) in [6.45, 7) is 0.500. The van der Waals surface area contributed by atoms with Gasteiger partial charge in [0.05, 0.1) is 27.0 Å². The Morgan fingerprint density at radius 1 is 1.50 bits per heavy atom. The van der Waals surface area contributed by atoms with Crippen molar-refractivity contribution in [2.45, 2.75) is 6.42 Å². The Morgan fingerprint density at radius 2 is 2.28 bits per heavy atom. The number of halogens is 1. The van der Waals surface area contributed by atoms with Crippen molar-refractivity contribution in [1.29, 1.82) is 0 Å². The van der Waals surface area contributed by atoms with Crippen molar-refractivity contribution in [3.05, 3.63) is 44.7 Å². The number of non-ortho nitro benzene ring substituents is 1. The molecule has 0 aliphatic heterocycles. The van der Waals surface area contributed by atoms with Crippen molar-refractivity contribution < 1.29 is 4.92 Å². The Morgan fingerprint density at radius 3 is 2.89 bits per heavy atom. The molecule has 0 unspecified atom stereocenters. The Balaban J connectivity index is 2.35. The monoisotopic (exact) mass is 311 g/mol. The van der Waals surface area contributed by atoms with E-state index >= 15 is 0 Å². The predicted octanol–water partition coefficient (Wildman–Crippen LogP) is 1.44. The van der Waals surface area contributed by atoms with E-state index in [0.717, 1.165) is 5.69 Å². The van der Waals surface area contributed by atoms with Crippen LogP contribution in [0.25, 0.3) is 5.69 Å². The quantitative estimate of drug-likeness (QED) is 0.680. The third-order valence-electron chi connectivity index (χ3n) is 2.33. The number of nitrogens with zero attached hydrogens (tertiary/aromatic N) is 4. The van der Waals surface area contributed by atoms with Gasteiger partial charge in [-0.25, -0.2) is 4.68 Å². The summed E-state index contributed by atoms with van der Waals surface area (Å²) in [5, 5.41) is 18.5. The lowest BCUT2D eigenvalue weighted by Gasteiger charge is -2.02. The molecule has 0 saturated carbocycles. The maximum atomic E-state index is 10.6. The van der Waals surface area contributed by atoms with Crippen LogP contribution in [-0.4, -0.2) is 26.5 Å². The van der Waals surface area contributed by atoms with Crippen LogP contribution in [0, 0.1) is 10.1 Å². The van der Waals surface area contributed by atoms with Crippen molar-refractivity contribution in [1.82, 2.24) is 15.0 Å². The topological polar surface area (TPSA) is 99.9 Å². The Labute approximate surface area is 111 Å². The van der Waals surface area contributed by atoms with Gasteiger partial charge >= 0.3 is 0 Å². The summed E-state index contributed by atoms with van der Waals surface area (Å²) in [5.41, 5.74) is 6.92. The molecule has 1 aromatic carbocycles.